The number of allylic oxidation sites excluding steroid dienone is 4. The molecule has 0 aromatic heterocycles. The molecular weight excluding hydrogens is 334 g/mol. The van der Waals surface area contributed by atoms with Gasteiger partial charge in [0.2, 0.25) is 0 Å². The lowest BCUT2D eigenvalue weighted by molar-refractivity contribution is 0.193. The van der Waals surface area contributed by atoms with Crippen LogP contribution in [0.25, 0.3) is 0 Å². The first-order valence-corrected chi connectivity index (χ1v) is 11.5. The van der Waals surface area contributed by atoms with E-state index in [0.717, 1.165) is 19.3 Å². The van der Waals surface area contributed by atoms with E-state index in [1.807, 2.05) is 0 Å². The van der Waals surface area contributed by atoms with Crippen LogP contribution in [0.3, 0.4) is 0 Å². The van der Waals surface area contributed by atoms with Crippen LogP contribution in [-0.2, 0) is 13.9 Å². The largest absolute Gasteiger partial charge is 0.374 e. The van der Waals surface area contributed by atoms with Gasteiger partial charge in [0.1, 0.15) is 13.2 Å². The van der Waals surface area contributed by atoms with Crippen molar-refractivity contribution in [3.05, 3.63) is 23.3 Å². The lowest BCUT2D eigenvalue weighted by atomic mass is 10.1. The summed E-state index contributed by atoms with van der Waals surface area (Å²) in [7, 11) is -6.78. The molecule has 0 aliphatic rings. The second-order valence-electron chi connectivity index (χ2n) is 6.01. The van der Waals surface area contributed by atoms with Crippen LogP contribution in [0.15, 0.2) is 23.3 Å². The Morgan fingerprint density at radius 1 is 1.22 bits per heavy atom. The lowest BCUT2D eigenvalue weighted by Gasteiger charge is -2.17. The molecule has 0 radical (unpaired) electrons. The van der Waals surface area contributed by atoms with Gasteiger partial charge in [0.05, 0.1) is 6.35 Å². The molecule has 0 spiro atoms. The minimum absolute atomic E-state index is 0.0471. The minimum Gasteiger partial charge on any atom is -0.374 e. The number of ether oxygens (including phenoxy) is 1. The van der Waals surface area contributed by atoms with Gasteiger partial charge in [-0.2, -0.15) is 0 Å². The van der Waals surface area contributed by atoms with Crippen LogP contribution < -0.4 is 0 Å². The quantitative estimate of drug-likeness (QED) is 0.291. The van der Waals surface area contributed by atoms with Crippen molar-refractivity contribution < 1.29 is 23.7 Å². The molecule has 0 fully saturated rings. The van der Waals surface area contributed by atoms with Crippen molar-refractivity contribution in [3.8, 4) is 0 Å². The predicted octanol–water partition coefficient (Wildman–Crippen LogP) is 4.91. The first kappa shape index (κ1) is 22.8. The predicted molar refractivity (Wildman–Crippen MR) is 97.6 cm³/mol. The van der Waals surface area contributed by atoms with Crippen LogP contribution in [-0.4, -0.2) is 28.1 Å². The van der Waals surface area contributed by atoms with Gasteiger partial charge in [-0.15, -0.1) is 0 Å². The summed E-state index contributed by atoms with van der Waals surface area (Å²) < 4.78 is 28.6. The molecule has 23 heavy (non-hydrogen) atoms. The average Bonchev–Trinajstić information content (AvgIpc) is 2.42. The smallest absolute Gasteiger partial charge is 0.335 e. The molecule has 0 aromatic carbocycles. The Kier molecular flexibility index (Phi) is 12.1. The zero-order valence-corrected chi connectivity index (χ0v) is 16.6. The molecule has 0 aliphatic heterocycles. The Bertz CT molecular complexity index is 461. The van der Waals surface area contributed by atoms with E-state index >= 15 is 0 Å². The first-order chi connectivity index (χ1) is 10.7. The van der Waals surface area contributed by atoms with Crippen molar-refractivity contribution in [2.75, 3.05) is 13.0 Å². The first-order valence-electron chi connectivity index (χ1n) is 8.13. The fraction of sp³-hybridized carbons (Fsp3) is 0.750. The Balaban J connectivity index is 4.34. The van der Waals surface area contributed by atoms with Gasteiger partial charge in [0, 0.05) is 6.61 Å². The van der Waals surface area contributed by atoms with Crippen molar-refractivity contribution in [2.45, 2.75) is 65.2 Å². The third-order valence-electron chi connectivity index (χ3n) is 3.49. The maximum atomic E-state index is 12.0. The van der Waals surface area contributed by atoms with E-state index in [1.165, 1.54) is 11.1 Å². The zero-order valence-electron chi connectivity index (χ0n) is 14.7. The highest BCUT2D eigenvalue weighted by Crippen LogP contribution is 2.55. The van der Waals surface area contributed by atoms with Crippen molar-refractivity contribution in [2.24, 2.45) is 0 Å². The van der Waals surface area contributed by atoms with Gasteiger partial charge in [-0.25, -0.2) is 0 Å². The second kappa shape index (κ2) is 12.2. The standard InChI is InChI=1S/C16H32O5P2/c1-5-21-13-22(17)16(23(18,19)20)12-7-6-10-15(4)11-8-9-14(2)3/h9-10,16,22H,5-8,11-13H2,1-4H3,(H2,18,19,20)/b15-10+. The van der Waals surface area contributed by atoms with E-state index in [4.69, 9.17) is 4.74 Å². The van der Waals surface area contributed by atoms with E-state index in [2.05, 4.69) is 32.9 Å². The van der Waals surface area contributed by atoms with Gasteiger partial charge < -0.3 is 19.1 Å². The summed E-state index contributed by atoms with van der Waals surface area (Å²) in [6.07, 6.45) is 7.91. The van der Waals surface area contributed by atoms with Crippen molar-refractivity contribution in [1.82, 2.24) is 0 Å². The summed E-state index contributed by atoms with van der Waals surface area (Å²) in [6.45, 7) is 8.39. The molecule has 0 saturated heterocycles. The lowest BCUT2D eigenvalue weighted by Crippen LogP contribution is -2.06. The van der Waals surface area contributed by atoms with Crippen LogP contribution in [0.5, 0.6) is 0 Å². The Morgan fingerprint density at radius 2 is 1.87 bits per heavy atom. The van der Waals surface area contributed by atoms with Crippen LogP contribution in [0.4, 0.5) is 0 Å². The van der Waals surface area contributed by atoms with Crippen LogP contribution in [0.2, 0.25) is 0 Å². The maximum absolute atomic E-state index is 12.0. The molecule has 5 nitrogen and oxygen atoms in total. The zero-order chi connectivity index (χ0) is 17.9. The summed E-state index contributed by atoms with van der Waals surface area (Å²) in [5.74, 6) is 0. The minimum atomic E-state index is -4.34. The number of unbranched alkanes of at least 4 members (excludes halogenated alkanes) is 1. The van der Waals surface area contributed by atoms with Gasteiger partial charge in [0.15, 0.2) is 0 Å². The summed E-state index contributed by atoms with van der Waals surface area (Å²) >= 11 is 0. The van der Waals surface area contributed by atoms with Gasteiger partial charge in [-0.3, -0.25) is 4.57 Å². The van der Waals surface area contributed by atoms with E-state index in [-0.39, 0.29) is 12.8 Å². The highest BCUT2D eigenvalue weighted by molar-refractivity contribution is 7.67. The molecule has 0 bridgehead atoms. The third kappa shape index (κ3) is 11.9. The van der Waals surface area contributed by atoms with E-state index in [1.54, 1.807) is 6.92 Å². The SMILES string of the molecule is CCOC[PH](=O)C(CCC/C=C(\C)CCC=C(C)C)P(=O)(O)O. The highest BCUT2D eigenvalue weighted by atomic mass is 31.2. The summed E-state index contributed by atoms with van der Waals surface area (Å²) in [5.41, 5.74) is 2.58. The van der Waals surface area contributed by atoms with E-state index in [9.17, 15) is 18.9 Å². The average molecular weight is 366 g/mol. The molecule has 0 amide bonds. The van der Waals surface area contributed by atoms with Gasteiger partial charge in [-0.05, 0) is 59.8 Å². The van der Waals surface area contributed by atoms with E-state index in [0.29, 0.717) is 13.0 Å². The van der Waals surface area contributed by atoms with Crippen molar-refractivity contribution in [3.63, 3.8) is 0 Å². The molecule has 0 heterocycles. The molecule has 2 N–H and O–H groups in total. The maximum Gasteiger partial charge on any atom is 0.335 e. The molecular formula is C16H32O5P2. The van der Waals surface area contributed by atoms with Gasteiger partial charge >= 0.3 is 7.60 Å². The van der Waals surface area contributed by atoms with Gasteiger partial charge in [-0.1, -0.05) is 23.3 Å². The monoisotopic (exact) mass is 366 g/mol. The Labute approximate surface area is 141 Å². The highest BCUT2D eigenvalue weighted by Gasteiger charge is 2.33. The normalized spacial score (nSPS) is 15.3. The van der Waals surface area contributed by atoms with Crippen LogP contribution in [0.1, 0.15) is 59.8 Å². The molecule has 0 aromatic rings. The Morgan fingerprint density at radius 3 is 2.39 bits per heavy atom. The summed E-state index contributed by atoms with van der Waals surface area (Å²) in [6, 6.07) is 0. The molecule has 0 rings (SSSR count). The van der Waals surface area contributed by atoms with Crippen molar-refractivity contribution in [1.29, 1.82) is 0 Å². The molecule has 0 saturated carbocycles. The molecule has 2 unspecified atom stereocenters. The summed E-state index contributed by atoms with van der Waals surface area (Å²) in [5, 5.41) is -1.06. The third-order valence-corrected chi connectivity index (χ3v) is 7.96. The topological polar surface area (TPSA) is 83.8 Å². The fourth-order valence-electron chi connectivity index (χ4n) is 2.17. The van der Waals surface area contributed by atoms with Crippen LogP contribution in [0, 0.1) is 0 Å². The van der Waals surface area contributed by atoms with E-state index < -0.39 is 20.8 Å². The molecule has 0 aliphatic carbocycles. The molecule has 136 valence electrons. The number of hydrogen-bond acceptors (Lipinski definition) is 3. The Hall–Kier alpha value is -0.180. The number of hydrogen-bond donors (Lipinski definition) is 2. The fourth-order valence-corrected chi connectivity index (χ4v) is 5.53. The van der Waals surface area contributed by atoms with Crippen LogP contribution >= 0.6 is 15.4 Å². The molecule has 7 heteroatoms. The second-order valence-corrected chi connectivity index (χ2v) is 10.2. The summed E-state index contributed by atoms with van der Waals surface area (Å²) in [4.78, 5) is 18.8. The number of rotatable bonds is 12. The van der Waals surface area contributed by atoms with Crippen molar-refractivity contribution >= 4 is 15.4 Å². The molecule has 2 atom stereocenters. The van der Waals surface area contributed by atoms with Gasteiger partial charge in [0.25, 0.3) is 0 Å².